The van der Waals surface area contributed by atoms with Crippen LogP contribution in [0.1, 0.15) is 11.3 Å². The molecule has 0 spiro atoms. The molecule has 0 aliphatic carbocycles. The van der Waals surface area contributed by atoms with Gasteiger partial charge in [-0.05, 0) is 32.9 Å². The molecule has 0 fully saturated rings. The summed E-state index contributed by atoms with van der Waals surface area (Å²) in [6, 6.07) is 4.03. The molecule has 0 saturated heterocycles. The molecule has 4 nitrogen and oxygen atoms in total. The van der Waals surface area contributed by atoms with Crippen molar-refractivity contribution in [2.24, 2.45) is 0 Å². The van der Waals surface area contributed by atoms with Gasteiger partial charge >= 0.3 is 0 Å². The van der Waals surface area contributed by atoms with Crippen LogP contribution in [0.25, 0.3) is 0 Å². The van der Waals surface area contributed by atoms with Crippen LogP contribution in [0, 0.1) is 11.3 Å². The third-order valence-electron chi connectivity index (χ3n) is 2.19. The Kier molecular flexibility index (Phi) is 3.71. The third kappa shape index (κ3) is 3.02. The minimum atomic E-state index is 0.334. The molecule has 0 aliphatic rings. The van der Waals surface area contributed by atoms with E-state index in [1.165, 1.54) is 11.8 Å². The van der Waals surface area contributed by atoms with Crippen molar-refractivity contribution in [2.45, 2.75) is 6.54 Å². The van der Waals surface area contributed by atoms with E-state index in [2.05, 4.69) is 37.3 Å². The standard InChI is InChI=1S/C11H9BrN4S/c1-16(6-8-2-10(12)17-7-8)11-5-14-9(3-13)4-15-11/h2,4-5,7H,6H2,1H3. The lowest BCUT2D eigenvalue weighted by Crippen LogP contribution is -2.17. The van der Waals surface area contributed by atoms with Gasteiger partial charge < -0.3 is 4.90 Å². The Hall–Kier alpha value is -1.45. The van der Waals surface area contributed by atoms with Gasteiger partial charge in [-0.1, -0.05) is 0 Å². The Bertz CT molecular complexity index is 543. The zero-order valence-corrected chi connectivity index (χ0v) is 11.5. The van der Waals surface area contributed by atoms with E-state index in [-0.39, 0.29) is 0 Å². The summed E-state index contributed by atoms with van der Waals surface area (Å²) in [6.45, 7) is 0.767. The fourth-order valence-electron chi connectivity index (χ4n) is 1.36. The lowest BCUT2D eigenvalue weighted by atomic mass is 10.3. The number of aromatic nitrogens is 2. The van der Waals surface area contributed by atoms with Gasteiger partial charge in [0.15, 0.2) is 5.69 Å². The van der Waals surface area contributed by atoms with Crippen molar-refractivity contribution in [3.05, 3.63) is 38.9 Å². The Balaban J connectivity index is 2.09. The number of thiophene rings is 1. The Labute approximate surface area is 112 Å². The summed E-state index contributed by atoms with van der Waals surface area (Å²) in [5, 5.41) is 10.7. The molecule has 0 unspecified atom stereocenters. The molecule has 2 aromatic heterocycles. The molecule has 0 aliphatic heterocycles. The molecule has 86 valence electrons. The molecule has 0 N–H and O–H groups in total. The fraction of sp³-hybridized carbons (Fsp3) is 0.182. The van der Waals surface area contributed by atoms with Crippen molar-refractivity contribution in [3.8, 4) is 6.07 Å². The number of nitrogens with zero attached hydrogens (tertiary/aromatic N) is 4. The molecule has 0 aromatic carbocycles. The van der Waals surface area contributed by atoms with Crippen LogP contribution in [0.2, 0.25) is 0 Å². The van der Waals surface area contributed by atoms with Gasteiger partial charge in [0.2, 0.25) is 0 Å². The highest BCUT2D eigenvalue weighted by atomic mass is 79.9. The molecular formula is C11H9BrN4S. The van der Waals surface area contributed by atoms with E-state index >= 15 is 0 Å². The molecular weight excluding hydrogens is 300 g/mol. The van der Waals surface area contributed by atoms with Gasteiger partial charge in [-0.2, -0.15) is 5.26 Å². The molecule has 2 aromatic rings. The molecule has 2 rings (SSSR count). The van der Waals surface area contributed by atoms with E-state index in [0.29, 0.717) is 5.69 Å². The van der Waals surface area contributed by atoms with Crippen molar-refractivity contribution < 1.29 is 0 Å². The largest absolute Gasteiger partial charge is 0.354 e. The molecule has 6 heteroatoms. The average molecular weight is 309 g/mol. The van der Waals surface area contributed by atoms with Crippen molar-refractivity contribution >= 4 is 33.1 Å². The zero-order chi connectivity index (χ0) is 12.3. The maximum atomic E-state index is 8.64. The van der Waals surface area contributed by atoms with Crippen LogP contribution in [0.15, 0.2) is 27.6 Å². The van der Waals surface area contributed by atoms with Crippen molar-refractivity contribution in [1.82, 2.24) is 9.97 Å². The van der Waals surface area contributed by atoms with Crippen LogP contribution >= 0.6 is 27.3 Å². The highest BCUT2D eigenvalue weighted by molar-refractivity contribution is 9.11. The summed E-state index contributed by atoms with van der Waals surface area (Å²) in [5.74, 6) is 0.756. The summed E-state index contributed by atoms with van der Waals surface area (Å²) < 4.78 is 1.12. The number of hydrogen-bond donors (Lipinski definition) is 0. The lowest BCUT2D eigenvalue weighted by Gasteiger charge is -2.16. The Morgan fingerprint density at radius 1 is 1.47 bits per heavy atom. The second-order valence-electron chi connectivity index (χ2n) is 3.49. The van der Waals surface area contributed by atoms with Crippen molar-refractivity contribution in [1.29, 1.82) is 5.26 Å². The van der Waals surface area contributed by atoms with E-state index in [0.717, 1.165) is 16.1 Å². The van der Waals surface area contributed by atoms with Crippen LogP contribution in [0.3, 0.4) is 0 Å². The normalized spacial score (nSPS) is 9.94. The third-order valence-corrected chi connectivity index (χ3v) is 3.74. The summed E-state index contributed by atoms with van der Waals surface area (Å²) >= 11 is 5.09. The smallest absolute Gasteiger partial charge is 0.158 e. The van der Waals surface area contributed by atoms with Gasteiger partial charge in [-0.15, -0.1) is 11.3 Å². The van der Waals surface area contributed by atoms with Gasteiger partial charge in [0, 0.05) is 13.6 Å². The monoisotopic (exact) mass is 308 g/mol. The summed E-state index contributed by atoms with van der Waals surface area (Å²) in [6.07, 6.45) is 3.09. The lowest BCUT2D eigenvalue weighted by molar-refractivity contribution is 0.891. The second-order valence-corrected chi connectivity index (χ2v) is 5.78. The first kappa shape index (κ1) is 12.0. The van der Waals surface area contributed by atoms with E-state index in [1.807, 2.05) is 18.0 Å². The summed E-state index contributed by atoms with van der Waals surface area (Å²) in [4.78, 5) is 10.2. The van der Waals surface area contributed by atoms with E-state index in [9.17, 15) is 0 Å². The van der Waals surface area contributed by atoms with Gasteiger partial charge in [0.25, 0.3) is 0 Å². The van der Waals surface area contributed by atoms with Crippen LogP contribution < -0.4 is 4.90 Å². The SMILES string of the molecule is CN(Cc1csc(Br)c1)c1cnc(C#N)cn1. The first-order chi connectivity index (χ1) is 8.19. The minimum Gasteiger partial charge on any atom is -0.354 e. The van der Waals surface area contributed by atoms with Crippen LogP contribution in [0.5, 0.6) is 0 Å². The predicted octanol–water partition coefficient (Wildman–Crippen LogP) is 2.81. The molecule has 0 amide bonds. The molecule has 2 heterocycles. The van der Waals surface area contributed by atoms with Crippen LogP contribution in [0.4, 0.5) is 5.82 Å². The first-order valence-electron chi connectivity index (χ1n) is 4.85. The average Bonchev–Trinajstić information content (AvgIpc) is 2.75. The predicted molar refractivity (Wildman–Crippen MR) is 70.9 cm³/mol. The highest BCUT2D eigenvalue weighted by Crippen LogP contribution is 2.22. The van der Waals surface area contributed by atoms with E-state index < -0.39 is 0 Å². The van der Waals surface area contributed by atoms with Gasteiger partial charge in [0.05, 0.1) is 16.2 Å². The maximum absolute atomic E-state index is 8.64. The highest BCUT2D eigenvalue weighted by Gasteiger charge is 2.05. The molecule has 0 radical (unpaired) electrons. The first-order valence-corrected chi connectivity index (χ1v) is 6.52. The summed E-state index contributed by atoms with van der Waals surface area (Å²) in [7, 11) is 1.95. The Morgan fingerprint density at radius 2 is 2.29 bits per heavy atom. The van der Waals surface area contributed by atoms with Gasteiger partial charge in [0.1, 0.15) is 11.9 Å². The quantitative estimate of drug-likeness (QED) is 0.875. The number of hydrogen-bond acceptors (Lipinski definition) is 5. The topological polar surface area (TPSA) is 52.8 Å². The van der Waals surface area contributed by atoms with Crippen LogP contribution in [-0.2, 0) is 6.54 Å². The van der Waals surface area contributed by atoms with E-state index in [4.69, 9.17) is 5.26 Å². The van der Waals surface area contributed by atoms with Crippen molar-refractivity contribution in [2.75, 3.05) is 11.9 Å². The minimum absolute atomic E-state index is 0.334. The van der Waals surface area contributed by atoms with Crippen LogP contribution in [-0.4, -0.2) is 17.0 Å². The number of rotatable bonds is 3. The molecule has 0 saturated carbocycles. The van der Waals surface area contributed by atoms with Crippen molar-refractivity contribution in [3.63, 3.8) is 0 Å². The maximum Gasteiger partial charge on any atom is 0.158 e. The molecule has 17 heavy (non-hydrogen) atoms. The Morgan fingerprint density at radius 3 is 2.82 bits per heavy atom. The zero-order valence-electron chi connectivity index (χ0n) is 9.09. The van der Waals surface area contributed by atoms with Gasteiger partial charge in [-0.25, -0.2) is 9.97 Å². The number of anilines is 1. The number of nitriles is 1. The summed E-state index contributed by atoms with van der Waals surface area (Å²) in [5.41, 5.74) is 1.55. The second kappa shape index (κ2) is 5.25. The van der Waals surface area contributed by atoms with Gasteiger partial charge in [-0.3, -0.25) is 0 Å². The fourth-order valence-corrected chi connectivity index (χ4v) is 2.56. The molecule has 0 bridgehead atoms. The molecule has 0 atom stereocenters. The number of halogens is 1. The van der Waals surface area contributed by atoms with E-state index in [1.54, 1.807) is 17.5 Å².